The van der Waals surface area contributed by atoms with E-state index in [1.807, 2.05) is 0 Å². The van der Waals surface area contributed by atoms with E-state index in [-0.39, 0.29) is 6.61 Å². The summed E-state index contributed by atoms with van der Waals surface area (Å²) in [6, 6.07) is 0. The number of aromatic nitrogens is 2. The second-order valence-electron chi connectivity index (χ2n) is 2.47. The lowest BCUT2D eigenvalue weighted by Gasteiger charge is -1.98. The number of hydrogen-bond acceptors (Lipinski definition) is 2. The molecule has 1 aromatic rings. The van der Waals surface area contributed by atoms with Crippen LogP contribution in [0.4, 0.5) is 8.78 Å². The van der Waals surface area contributed by atoms with E-state index in [1.54, 1.807) is 0 Å². The minimum atomic E-state index is -2.42. The first kappa shape index (κ1) is 10.4. The van der Waals surface area contributed by atoms with Gasteiger partial charge in [-0.25, -0.2) is 8.78 Å². The molecule has 0 fully saturated rings. The Bertz CT molecular complexity index is 277. The number of rotatable bonds is 4. The molecule has 0 atom stereocenters. The zero-order chi connectivity index (χ0) is 9.84. The van der Waals surface area contributed by atoms with Gasteiger partial charge in [-0.2, -0.15) is 5.10 Å². The Balaban J connectivity index is 2.70. The predicted molar refractivity (Wildman–Crippen MR) is 44.0 cm³/mol. The van der Waals surface area contributed by atoms with Gasteiger partial charge in [0.05, 0.1) is 11.6 Å². The second-order valence-corrected chi connectivity index (χ2v) is 2.88. The highest BCUT2D eigenvalue weighted by atomic mass is 35.5. The third kappa shape index (κ3) is 2.93. The first-order chi connectivity index (χ1) is 6.13. The zero-order valence-electron chi connectivity index (χ0n) is 7.01. The minimum absolute atomic E-state index is 0.231. The molecule has 0 spiro atoms. The maximum atomic E-state index is 11.9. The van der Waals surface area contributed by atoms with E-state index in [2.05, 4.69) is 5.10 Å². The average molecular weight is 211 g/mol. The van der Waals surface area contributed by atoms with Crippen LogP contribution in [0.1, 0.15) is 5.69 Å². The molecule has 1 heterocycles. The number of halogens is 3. The van der Waals surface area contributed by atoms with Crippen molar-refractivity contribution in [2.45, 2.75) is 19.6 Å². The molecule has 3 nitrogen and oxygen atoms in total. The molecule has 0 aliphatic rings. The first-order valence-corrected chi connectivity index (χ1v) is 4.00. The van der Waals surface area contributed by atoms with Gasteiger partial charge < -0.3 is 4.74 Å². The van der Waals surface area contributed by atoms with Crippen molar-refractivity contribution in [1.29, 1.82) is 0 Å². The van der Waals surface area contributed by atoms with Gasteiger partial charge in [-0.3, -0.25) is 4.68 Å². The van der Waals surface area contributed by atoms with Crippen molar-refractivity contribution in [2.75, 3.05) is 7.11 Å². The van der Waals surface area contributed by atoms with Crippen molar-refractivity contribution in [3.05, 3.63) is 16.9 Å². The Labute approximate surface area is 79.2 Å². The summed E-state index contributed by atoms with van der Waals surface area (Å²) in [5.41, 5.74) is 0.477. The fourth-order valence-corrected chi connectivity index (χ4v) is 1.11. The quantitative estimate of drug-likeness (QED) is 0.760. The highest BCUT2D eigenvalue weighted by molar-refractivity contribution is 6.31. The van der Waals surface area contributed by atoms with Crippen LogP contribution in [-0.4, -0.2) is 23.3 Å². The molecule has 0 saturated heterocycles. The third-order valence-electron chi connectivity index (χ3n) is 1.39. The molecule has 0 bridgehead atoms. The number of alkyl halides is 2. The summed E-state index contributed by atoms with van der Waals surface area (Å²) in [7, 11) is 1.49. The van der Waals surface area contributed by atoms with Gasteiger partial charge in [-0.1, -0.05) is 11.6 Å². The molecule has 1 rings (SSSR count). The Morgan fingerprint density at radius 3 is 2.92 bits per heavy atom. The molecule has 0 aliphatic carbocycles. The molecular weight excluding hydrogens is 202 g/mol. The Hall–Kier alpha value is -0.680. The van der Waals surface area contributed by atoms with Gasteiger partial charge in [-0.05, 0) is 0 Å². The highest BCUT2D eigenvalue weighted by Crippen LogP contribution is 2.15. The molecule has 0 unspecified atom stereocenters. The predicted octanol–water partition coefficient (Wildman–Crippen LogP) is 1.95. The standard InChI is InChI=1S/C7H9ClF2N2O/c1-13-4-6-5(8)2-12(11-6)3-7(9)10/h2,7H,3-4H2,1H3. The van der Waals surface area contributed by atoms with Gasteiger partial charge >= 0.3 is 0 Å². The molecule has 0 N–H and O–H groups in total. The van der Waals surface area contributed by atoms with E-state index in [0.717, 1.165) is 4.68 Å². The Morgan fingerprint density at radius 2 is 2.38 bits per heavy atom. The summed E-state index contributed by atoms with van der Waals surface area (Å²) < 4.78 is 29.7. The van der Waals surface area contributed by atoms with Crippen LogP contribution < -0.4 is 0 Å². The van der Waals surface area contributed by atoms with Gasteiger partial charge in [0.25, 0.3) is 6.43 Å². The number of methoxy groups -OCH3 is 1. The van der Waals surface area contributed by atoms with Gasteiger partial charge in [0.15, 0.2) is 0 Å². The summed E-state index contributed by atoms with van der Waals surface area (Å²) in [5, 5.41) is 4.17. The van der Waals surface area contributed by atoms with Crippen LogP contribution in [-0.2, 0) is 17.9 Å². The normalized spacial score (nSPS) is 11.2. The fraction of sp³-hybridized carbons (Fsp3) is 0.571. The van der Waals surface area contributed by atoms with E-state index in [9.17, 15) is 8.78 Å². The van der Waals surface area contributed by atoms with Crippen molar-refractivity contribution in [1.82, 2.24) is 9.78 Å². The molecule has 6 heteroatoms. The maximum absolute atomic E-state index is 11.9. The van der Waals surface area contributed by atoms with Gasteiger partial charge in [0.2, 0.25) is 0 Å². The molecule has 0 aliphatic heterocycles. The smallest absolute Gasteiger partial charge is 0.257 e. The topological polar surface area (TPSA) is 27.1 Å². The molecule has 1 aromatic heterocycles. The molecule has 13 heavy (non-hydrogen) atoms. The lowest BCUT2D eigenvalue weighted by atomic mass is 10.5. The molecule has 0 amide bonds. The van der Waals surface area contributed by atoms with Gasteiger partial charge in [0.1, 0.15) is 12.2 Å². The van der Waals surface area contributed by atoms with Crippen LogP contribution in [0.5, 0.6) is 0 Å². The van der Waals surface area contributed by atoms with E-state index in [4.69, 9.17) is 16.3 Å². The largest absolute Gasteiger partial charge is 0.378 e. The Morgan fingerprint density at radius 1 is 1.69 bits per heavy atom. The lowest BCUT2D eigenvalue weighted by molar-refractivity contribution is 0.120. The zero-order valence-corrected chi connectivity index (χ0v) is 7.76. The number of nitrogens with zero attached hydrogens (tertiary/aromatic N) is 2. The van der Waals surface area contributed by atoms with Crippen LogP contribution in [0.25, 0.3) is 0 Å². The molecular formula is C7H9ClF2N2O. The molecule has 0 saturated carbocycles. The van der Waals surface area contributed by atoms with Crippen molar-refractivity contribution in [3.63, 3.8) is 0 Å². The number of ether oxygens (including phenoxy) is 1. The Kier molecular flexibility index (Phi) is 3.62. The van der Waals surface area contributed by atoms with Crippen molar-refractivity contribution in [3.8, 4) is 0 Å². The SMILES string of the molecule is COCc1nn(CC(F)F)cc1Cl. The summed E-state index contributed by atoms with van der Waals surface area (Å²) in [5.74, 6) is 0. The summed E-state index contributed by atoms with van der Waals surface area (Å²) in [4.78, 5) is 0. The monoisotopic (exact) mass is 210 g/mol. The minimum Gasteiger partial charge on any atom is -0.378 e. The van der Waals surface area contributed by atoms with Crippen molar-refractivity contribution < 1.29 is 13.5 Å². The van der Waals surface area contributed by atoms with E-state index < -0.39 is 13.0 Å². The summed E-state index contributed by atoms with van der Waals surface area (Å²) >= 11 is 5.70. The van der Waals surface area contributed by atoms with Crippen LogP contribution >= 0.6 is 11.6 Å². The average Bonchev–Trinajstić information content (AvgIpc) is 2.31. The van der Waals surface area contributed by atoms with Crippen molar-refractivity contribution in [2.24, 2.45) is 0 Å². The summed E-state index contributed by atoms with van der Waals surface area (Å²) in [6.07, 6.45) is -1.06. The fourth-order valence-electron chi connectivity index (χ4n) is 0.906. The summed E-state index contributed by atoms with van der Waals surface area (Å²) in [6.45, 7) is -0.210. The van der Waals surface area contributed by atoms with Gasteiger partial charge in [-0.15, -0.1) is 0 Å². The molecule has 0 radical (unpaired) electrons. The molecule has 0 aromatic carbocycles. The van der Waals surface area contributed by atoms with Crippen LogP contribution in [0.15, 0.2) is 6.20 Å². The van der Waals surface area contributed by atoms with Crippen molar-refractivity contribution >= 4 is 11.6 Å². The second kappa shape index (κ2) is 4.53. The maximum Gasteiger partial charge on any atom is 0.257 e. The highest BCUT2D eigenvalue weighted by Gasteiger charge is 2.09. The lowest BCUT2D eigenvalue weighted by Crippen LogP contribution is -2.07. The van der Waals surface area contributed by atoms with Crippen LogP contribution in [0, 0.1) is 0 Å². The van der Waals surface area contributed by atoms with Crippen LogP contribution in [0.2, 0.25) is 5.02 Å². The van der Waals surface area contributed by atoms with Crippen LogP contribution in [0.3, 0.4) is 0 Å². The van der Waals surface area contributed by atoms with E-state index in [0.29, 0.717) is 10.7 Å². The first-order valence-electron chi connectivity index (χ1n) is 3.62. The van der Waals surface area contributed by atoms with E-state index >= 15 is 0 Å². The number of hydrogen-bond donors (Lipinski definition) is 0. The third-order valence-corrected chi connectivity index (χ3v) is 1.71. The van der Waals surface area contributed by atoms with E-state index in [1.165, 1.54) is 13.3 Å². The molecule has 74 valence electrons. The van der Waals surface area contributed by atoms with Gasteiger partial charge in [0, 0.05) is 13.3 Å².